The summed E-state index contributed by atoms with van der Waals surface area (Å²) in [5.74, 6) is -2.25. The zero-order valence-corrected chi connectivity index (χ0v) is 6.94. The first-order valence-corrected chi connectivity index (χ1v) is 3.18. The first kappa shape index (κ1) is 13.0. The van der Waals surface area contributed by atoms with Gasteiger partial charge in [0.1, 0.15) is 0 Å². The van der Waals surface area contributed by atoms with Crippen LogP contribution in [0, 0.1) is 0 Å². The van der Waals surface area contributed by atoms with Gasteiger partial charge in [-0.1, -0.05) is 18.2 Å². The van der Waals surface area contributed by atoms with Gasteiger partial charge >= 0.3 is 0 Å². The van der Waals surface area contributed by atoms with Gasteiger partial charge in [0.15, 0.2) is 0 Å². The molecule has 0 aromatic heterocycles. The smallest absolute Gasteiger partial charge is 0.0642 e. The van der Waals surface area contributed by atoms with E-state index in [4.69, 9.17) is 9.90 Å². The van der Waals surface area contributed by atoms with Crippen LogP contribution in [0.1, 0.15) is 13.8 Å². The summed E-state index contributed by atoms with van der Waals surface area (Å²) in [6, 6.07) is 0. The Balaban J connectivity index is 0. The first-order valence-electron chi connectivity index (χ1n) is 3.18. The molecule has 0 N–H and O–H groups in total. The Kier molecular flexibility index (Phi) is 10.2. The molecule has 0 aliphatic heterocycles. The molecule has 68 valence electrons. The van der Waals surface area contributed by atoms with Crippen molar-refractivity contribution < 1.29 is 19.8 Å². The molecule has 0 atom stereocenters. The second kappa shape index (κ2) is 9.42. The van der Waals surface area contributed by atoms with Gasteiger partial charge in [-0.15, -0.1) is 0 Å². The Morgan fingerprint density at radius 1 is 1.17 bits per heavy atom. The maximum atomic E-state index is 9.64. The van der Waals surface area contributed by atoms with E-state index in [0.717, 1.165) is 13.0 Å². The fourth-order valence-electron chi connectivity index (χ4n) is 0.245. The number of carboxylic acid groups (broad SMARTS) is 2. The average molecular weight is 170 g/mol. The van der Waals surface area contributed by atoms with Crippen LogP contribution in [0.4, 0.5) is 0 Å². The molecule has 0 aromatic rings. The second-order valence-electron chi connectivity index (χ2n) is 1.70. The third-order valence-electron chi connectivity index (χ3n) is 0.536. The lowest BCUT2D eigenvalue weighted by molar-refractivity contribution is -0.302. The molecule has 0 aromatic carbocycles. The second-order valence-corrected chi connectivity index (χ2v) is 1.70. The minimum Gasteiger partial charge on any atom is -0.550 e. The number of aliphatic carboxylic acids is 2. The summed E-state index contributed by atoms with van der Waals surface area (Å²) in [5.41, 5.74) is 0. The topological polar surface area (TPSA) is 80.3 Å². The van der Waals surface area contributed by atoms with Crippen LogP contribution in [0.3, 0.4) is 0 Å². The fraction of sp³-hybridized carbons (Fsp3) is 0.250. The minimum absolute atomic E-state index is 0.972. The van der Waals surface area contributed by atoms with Gasteiger partial charge in [0.05, 0.1) is 5.97 Å². The highest BCUT2D eigenvalue weighted by Crippen LogP contribution is 1.72. The number of allylic oxidation sites excluding steroid dienone is 3. The number of carbonyl (C=O) groups is 2. The lowest BCUT2D eigenvalue weighted by atomic mass is 10.4. The van der Waals surface area contributed by atoms with Gasteiger partial charge in [-0.05, 0) is 19.9 Å². The molecule has 0 radical (unpaired) electrons. The van der Waals surface area contributed by atoms with Crippen molar-refractivity contribution in [1.29, 1.82) is 0 Å². The van der Waals surface area contributed by atoms with Crippen LogP contribution >= 0.6 is 0 Å². The lowest BCUT2D eigenvalue weighted by Gasteiger charge is -1.84. The summed E-state index contributed by atoms with van der Waals surface area (Å²) in [6.45, 7) is 2.78. The SMILES string of the molecule is C/C=C/C=C/C(=O)[O-].CC(=O)[O-]. The molecular weight excluding hydrogens is 160 g/mol. The molecule has 0 bridgehead atoms. The van der Waals surface area contributed by atoms with Crippen LogP contribution in [-0.4, -0.2) is 11.9 Å². The third kappa shape index (κ3) is 39.6. The molecule has 0 aliphatic carbocycles. The van der Waals surface area contributed by atoms with E-state index < -0.39 is 11.9 Å². The van der Waals surface area contributed by atoms with E-state index >= 15 is 0 Å². The molecule has 4 heteroatoms. The number of hydrogen-bond donors (Lipinski definition) is 0. The fourth-order valence-corrected chi connectivity index (χ4v) is 0.245. The van der Waals surface area contributed by atoms with Crippen molar-refractivity contribution in [2.75, 3.05) is 0 Å². The van der Waals surface area contributed by atoms with Gasteiger partial charge in [-0.3, -0.25) is 0 Å². The van der Waals surface area contributed by atoms with E-state index in [1.807, 2.05) is 0 Å². The van der Waals surface area contributed by atoms with Crippen molar-refractivity contribution in [2.45, 2.75) is 13.8 Å². The first-order chi connectivity index (χ1) is 5.50. The predicted molar refractivity (Wildman–Crippen MR) is 39.6 cm³/mol. The summed E-state index contributed by atoms with van der Waals surface area (Å²) in [5, 5.41) is 18.5. The quantitative estimate of drug-likeness (QED) is 0.378. The van der Waals surface area contributed by atoms with Crippen LogP contribution < -0.4 is 10.2 Å². The Morgan fingerprint density at radius 2 is 1.58 bits per heavy atom. The molecule has 0 spiro atoms. The molecule has 0 saturated carbocycles. The highest BCUT2D eigenvalue weighted by molar-refractivity contribution is 5.77. The number of rotatable bonds is 2. The molecular formula is C8H10O4-2. The average Bonchev–Trinajstić information content (AvgIpc) is 1.86. The van der Waals surface area contributed by atoms with Crippen molar-refractivity contribution >= 4 is 11.9 Å². The van der Waals surface area contributed by atoms with Gasteiger partial charge in [0.2, 0.25) is 0 Å². The highest BCUT2D eigenvalue weighted by Gasteiger charge is 1.64. The van der Waals surface area contributed by atoms with E-state index in [9.17, 15) is 9.90 Å². The molecule has 4 nitrogen and oxygen atoms in total. The molecule has 0 amide bonds. The molecule has 0 fully saturated rings. The summed E-state index contributed by atoms with van der Waals surface area (Å²) >= 11 is 0. The molecule has 0 heterocycles. The lowest BCUT2D eigenvalue weighted by Crippen LogP contribution is -2.18. The van der Waals surface area contributed by atoms with Gasteiger partial charge in [-0.25, -0.2) is 0 Å². The zero-order chi connectivity index (χ0) is 9.98. The van der Waals surface area contributed by atoms with E-state index in [1.165, 1.54) is 6.08 Å². The van der Waals surface area contributed by atoms with Crippen LogP contribution in [0.15, 0.2) is 24.3 Å². The molecule has 0 aliphatic rings. The highest BCUT2D eigenvalue weighted by atomic mass is 16.4. The van der Waals surface area contributed by atoms with Crippen LogP contribution in [0.2, 0.25) is 0 Å². The summed E-state index contributed by atoms with van der Waals surface area (Å²) in [6.07, 6.45) is 5.74. The van der Waals surface area contributed by atoms with Gasteiger partial charge < -0.3 is 19.8 Å². The van der Waals surface area contributed by atoms with Crippen molar-refractivity contribution in [1.82, 2.24) is 0 Å². The predicted octanol–water partition coefficient (Wildman–Crippen LogP) is -1.38. The van der Waals surface area contributed by atoms with E-state index in [-0.39, 0.29) is 0 Å². The molecule has 12 heavy (non-hydrogen) atoms. The maximum absolute atomic E-state index is 9.64. The largest absolute Gasteiger partial charge is 0.550 e. The van der Waals surface area contributed by atoms with Gasteiger partial charge in [0.25, 0.3) is 0 Å². The Labute approximate surface area is 70.8 Å². The van der Waals surface area contributed by atoms with E-state index in [1.54, 1.807) is 19.1 Å². The van der Waals surface area contributed by atoms with Gasteiger partial charge in [0, 0.05) is 5.97 Å². The number of hydrogen-bond acceptors (Lipinski definition) is 4. The van der Waals surface area contributed by atoms with Crippen molar-refractivity contribution in [3.8, 4) is 0 Å². The van der Waals surface area contributed by atoms with Crippen LogP contribution in [0.25, 0.3) is 0 Å². The molecule has 0 unspecified atom stereocenters. The number of carboxylic acids is 2. The summed E-state index contributed by atoms with van der Waals surface area (Å²) in [7, 11) is 0. The standard InChI is InChI=1S/C6H8O2.C2H4O2/c1-2-3-4-5-6(7)8;1-2(3)4/h2-5H,1H3,(H,7,8);1H3,(H,3,4)/p-2/b3-2+,5-4+;. The maximum Gasteiger partial charge on any atom is 0.0642 e. The van der Waals surface area contributed by atoms with Gasteiger partial charge in [-0.2, -0.15) is 0 Å². The monoisotopic (exact) mass is 170 g/mol. The van der Waals surface area contributed by atoms with E-state index in [0.29, 0.717) is 0 Å². The summed E-state index contributed by atoms with van der Waals surface area (Å²) in [4.78, 5) is 18.5. The van der Waals surface area contributed by atoms with Crippen molar-refractivity contribution in [3.05, 3.63) is 24.3 Å². The number of carbonyl (C=O) groups excluding carboxylic acids is 2. The molecule has 0 rings (SSSR count). The van der Waals surface area contributed by atoms with E-state index in [2.05, 4.69) is 0 Å². The Hall–Kier alpha value is -1.58. The van der Waals surface area contributed by atoms with Crippen molar-refractivity contribution in [2.24, 2.45) is 0 Å². The molecule has 0 saturated heterocycles. The van der Waals surface area contributed by atoms with Crippen molar-refractivity contribution in [3.63, 3.8) is 0 Å². The minimum atomic E-state index is -1.16. The summed E-state index contributed by atoms with van der Waals surface area (Å²) < 4.78 is 0. The third-order valence-corrected chi connectivity index (χ3v) is 0.536. The Bertz CT molecular complexity index is 187. The van der Waals surface area contributed by atoms with Crippen LogP contribution in [-0.2, 0) is 9.59 Å². The zero-order valence-electron chi connectivity index (χ0n) is 6.94. The van der Waals surface area contributed by atoms with Crippen LogP contribution in [0.5, 0.6) is 0 Å². The normalized spacial score (nSPS) is 9.50. The Morgan fingerprint density at radius 3 is 1.83 bits per heavy atom.